The zero-order valence-corrected chi connectivity index (χ0v) is 13.4. The second-order valence-electron chi connectivity index (χ2n) is 5.82. The molecule has 114 valence electrons. The second-order valence-corrected chi connectivity index (χ2v) is 5.82. The van der Waals surface area contributed by atoms with Gasteiger partial charge in [-0.3, -0.25) is 4.68 Å². The van der Waals surface area contributed by atoms with Crippen molar-refractivity contribution in [2.75, 3.05) is 18.0 Å². The molecule has 1 aliphatic heterocycles. The van der Waals surface area contributed by atoms with Gasteiger partial charge in [0.25, 0.3) is 0 Å². The van der Waals surface area contributed by atoms with E-state index in [1.807, 2.05) is 6.92 Å². The molecule has 5 nitrogen and oxygen atoms in total. The Bertz CT molecular complexity index is 623. The lowest BCUT2D eigenvalue weighted by Crippen LogP contribution is -2.26. The van der Waals surface area contributed by atoms with Gasteiger partial charge in [0.2, 0.25) is 0 Å². The van der Waals surface area contributed by atoms with Gasteiger partial charge < -0.3 is 4.90 Å². The molecular weight excluding hydrogens is 262 g/mol. The molecular formula is C16H25N5. The van der Waals surface area contributed by atoms with Crippen LogP contribution in [0.25, 0.3) is 11.0 Å². The normalized spacial score (nSPS) is 16.4. The molecule has 0 atom stereocenters. The molecule has 0 aliphatic carbocycles. The van der Waals surface area contributed by atoms with Gasteiger partial charge in [-0.1, -0.05) is 19.8 Å². The van der Waals surface area contributed by atoms with Crippen molar-refractivity contribution in [3.63, 3.8) is 0 Å². The lowest BCUT2D eigenvalue weighted by molar-refractivity contribution is 0.671. The summed E-state index contributed by atoms with van der Waals surface area (Å²) in [5, 5.41) is 4.65. The van der Waals surface area contributed by atoms with Crippen molar-refractivity contribution in [1.29, 1.82) is 0 Å². The lowest BCUT2D eigenvalue weighted by atomic mass is 10.2. The maximum Gasteiger partial charge on any atom is 0.158 e. The number of nitrogens with zero attached hydrogens (tertiary/aromatic N) is 5. The quantitative estimate of drug-likeness (QED) is 0.870. The third-order valence-corrected chi connectivity index (χ3v) is 4.30. The summed E-state index contributed by atoms with van der Waals surface area (Å²) >= 11 is 0. The van der Waals surface area contributed by atoms with Crippen molar-refractivity contribution < 1.29 is 0 Å². The first-order valence-electron chi connectivity index (χ1n) is 8.23. The van der Waals surface area contributed by atoms with Crippen molar-refractivity contribution in [3.05, 3.63) is 11.5 Å². The van der Waals surface area contributed by atoms with Crippen LogP contribution in [0.4, 0.5) is 5.82 Å². The number of rotatable bonds is 3. The average Bonchev–Trinajstić information content (AvgIpc) is 2.71. The molecule has 5 heteroatoms. The van der Waals surface area contributed by atoms with E-state index in [4.69, 9.17) is 9.97 Å². The molecule has 1 aliphatic rings. The Hall–Kier alpha value is -1.65. The highest BCUT2D eigenvalue weighted by molar-refractivity contribution is 5.88. The van der Waals surface area contributed by atoms with E-state index in [1.54, 1.807) is 0 Å². The van der Waals surface area contributed by atoms with Crippen molar-refractivity contribution in [2.24, 2.45) is 0 Å². The fourth-order valence-corrected chi connectivity index (χ4v) is 3.15. The van der Waals surface area contributed by atoms with Crippen LogP contribution in [0.2, 0.25) is 0 Å². The van der Waals surface area contributed by atoms with E-state index in [-0.39, 0.29) is 0 Å². The average molecular weight is 287 g/mol. The molecule has 2 aromatic heterocycles. The molecule has 1 fully saturated rings. The van der Waals surface area contributed by atoms with Gasteiger partial charge in [-0.2, -0.15) is 5.10 Å². The van der Waals surface area contributed by atoms with Crippen LogP contribution in [0.5, 0.6) is 0 Å². The highest BCUT2D eigenvalue weighted by atomic mass is 15.3. The first kappa shape index (κ1) is 14.3. The lowest BCUT2D eigenvalue weighted by Gasteiger charge is -2.23. The molecule has 2 aromatic rings. The van der Waals surface area contributed by atoms with E-state index in [2.05, 4.69) is 28.5 Å². The van der Waals surface area contributed by atoms with Gasteiger partial charge in [-0.15, -0.1) is 0 Å². The van der Waals surface area contributed by atoms with Crippen LogP contribution in [0.1, 0.15) is 51.0 Å². The van der Waals surface area contributed by atoms with E-state index in [0.29, 0.717) is 0 Å². The van der Waals surface area contributed by atoms with Crippen LogP contribution in [0, 0.1) is 6.92 Å². The fourth-order valence-electron chi connectivity index (χ4n) is 3.15. The van der Waals surface area contributed by atoms with E-state index in [1.165, 1.54) is 25.7 Å². The Morgan fingerprint density at radius 1 is 1.00 bits per heavy atom. The molecule has 0 spiro atoms. The molecule has 3 rings (SSSR count). The number of aryl methyl sites for hydroxylation is 3. The fraction of sp³-hybridized carbons (Fsp3) is 0.688. The molecule has 21 heavy (non-hydrogen) atoms. The SMILES string of the molecule is CCc1nc(N2CCCCCC2)c2c(n1)c(C)nn2CC. The van der Waals surface area contributed by atoms with Gasteiger partial charge in [-0.05, 0) is 26.7 Å². The van der Waals surface area contributed by atoms with Crippen LogP contribution < -0.4 is 4.90 Å². The van der Waals surface area contributed by atoms with E-state index >= 15 is 0 Å². The van der Waals surface area contributed by atoms with Gasteiger partial charge in [0.1, 0.15) is 16.9 Å². The largest absolute Gasteiger partial charge is 0.355 e. The maximum absolute atomic E-state index is 4.86. The smallest absolute Gasteiger partial charge is 0.158 e. The highest BCUT2D eigenvalue weighted by Gasteiger charge is 2.20. The Labute approximate surface area is 126 Å². The molecule has 1 saturated heterocycles. The monoisotopic (exact) mass is 287 g/mol. The number of anilines is 1. The van der Waals surface area contributed by atoms with Gasteiger partial charge in [-0.25, -0.2) is 9.97 Å². The summed E-state index contributed by atoms with van der Waals surface area (Å²) in [7, 11) is 0. The van der Waals surface area contributed by atoms with Crippen LogP contribution in [0.15, 0.2) is 0 Å². The third kappa shape index (κ3) is 2.61. The predicted octanol–water partition coefficient (Wildman–Crippen LogP) is 3.10. The molecule has 0 saturated carbocycles. The molecule has 0 N–H and O–H groups in total. The number of aromatic nitrogens is 4. The van der Waals surface area contributed by atoms with Crippen LogP contribution in [-0.2, 0) is 13.0 Å². The molecule has 0 aromatic carbocycles. The summed E-state index contributed by atoms with van der Waals surface area (Å²) in [5.41, 5.74) is 3.16. The van der Waals surface area contributed by atoms with E-state index in [9.17, 15) is 0 Å². The summed E-state index contributed by atoms with van der Waals surface area (Å²) in [4.78, 5) is 12.0. The topological polar surface area (TPSA) is 46.8 Å². The maximum atomic E-state index is 4.86. The number of fused-ring (bicyclic) bond motifs is 1. The minimum Gasteiger partial charge on any atom is -0.355 e. The second kappa shape index (κ2) is 6.00. The van der Waals surface area contributed by atoms with E-state index in [0.717, 1.165) is 54.4 Å². The Kier molecular flexibility index (Phi) is 4.08. The van der Waals surface area contributed by atoms with Crippen LogP contribution in [-0.4, -0.2) is 32.8 Å². The van der Waals surface area contributed by atoms with E-state index < -0.39 is 0 Å². The van der Waals surface area contributed by atoms with Crippen molar-refractivity contribution in [3.8, 4) is 0 Å². The molecule has 0 amide bonds. The first-order valence-corrected chi connectivity index (χ1v) is 8.23. The van der Waals surface area contributed by atoms with Gasteiger partial charge in [0, 0.05) is 26.1 Å². The summed E-state index contributed by atoms with van der Waals surface area (Å²) in [6, 6.07) is 0. The third-order valence-electron chi connectivity index (χ3n) is 4.30. The standard InChI is InChI=1S/C16H25N5/c1-4-13-17-14-12(3)19-21(5-2)15(14)16(18-13)20-10-8-6-7-9-11-20/h4-11H2,1-3H3. The summed E-state index contributed by atoms with van der Waals surface area (Å²) in [5.74, 6) is 2.03. The zero-order valence-electron chi connectivity index (χ0n) is 13.4. The van der Waals surface area contributed by atoms with Gasteiger partial charge in [0.05, 0.1) is 5.69 Å². The molecule has 0 unspecified atom stereocenters. The summed E-state index contributed by atoms with van der Waals surface area (Å²) in [6.45, 7) is 9.36. The molecule has 0 radical (unpaired) electrons. The zero-order chi connectivity index (χ0) is 14.8. The molecule has 3 heterocycles. The Morgan fingerprint density at radius 2 is 1.71 bits per heavy atom. The Morgan fingerprint density at radius 3 is 2.33 bits per heavy atom. The van der Waals surface area contributed by atoms with Gasteiger partial charge in [0.15, 0.2) is 5.82 Å². The Balaban J connectivity index is 2.17. The highest BCUT2D eigenvalue weighted by Crippen LogP contribution is 2.28. The minimum absolute atomic E-state index is 0.861. The predicted molar refractivity (Wildman–Crippen MR) is 85.8 cm³/mol. The van der Waals surface area contributed by atoms with Gasteiger partial charge >= 0.3 is 0 Å². The number of hydrogen-bond donors (Lipinski definition) is 0. The van der Waals surface area contributed by atoms with Crippen molar-refractivity contribution in [2.45, 2.75) is 59.4 Å². The van der Waals surface area contributed by atoms with Crippen LogP contribution >= 0.6 is 0 Å². The first-order chi connectivity index (χ1) is 10.2. The van der Waals surface area contributed by atoms with Crippen molar-refractivity contribution >= 4 is 16.9 Å². The summed E-state index contributed by atoms with van der Waals surface area (Å²) < 4.78 is 2.06. The number of hydrogen-bond acceptors (Lipinski definition) is 4. The summed E-state index contributed by atoms with van der Waals surface area (Å²) in [6.07, 6.45) is 6.04. The van der Waals surface area contributed by atoms with Crippen LogP contribution in [0.3, 0.4) is 0 Å². The minimum atomic E-state index is 0.861. The molecule has 0 bridgehead atoms. The van der Waals surface area contributed by atoms with Crippen molar-refractivity contribution in [1.82, 2.24) is 19.7 Å².